The third-order valence-corrected chi connectivity index (χ3v) is 8.59. The molecule has 0 radical (unpaired) electrons. The van der Waals surface area contributed by atoms with Crippen LogP contribution in [0.5, 0.6) is 0 Å². The Morgan fingerprint density at radius 2 is 1.87 bits per heavy atom. The zero-order valence-electron chi connectivity index (χ0n) is 16.7. The van der Waals surface area contributed by atoms with Gasteiger partial charge >= 0.3 is 0 Å². The van der Waals surface area contributed by atoms with E-state index in [0.717, 1.165) is 65.1 Å². The normalized spacial score (nSPS) is 15.2. The number of hydrogen-bond donors (Lipinski definition) is 0. The van der Waals surface area contributed by atoms with E-state index in [0.29, 0.717) is 0 Å². The molecule has 0 unspecified atom stereocenters. The Labute approximate surface area is 187 Å². The van der Waals surface area contributed by atoms with Crippen LogP contribution in [0.3, 0.4) is 0 Å². The number of thiazole rings is 2. The molecule has 4 heterocycles. The summed E-state index contributed by atoms with van der Waals surface area (Å²) >= 11 is 4.96. The number of carbonyl (C=O) groups excluding carboxylic acids is 1. The Balaban J connectivity index is 1.22. The highest BCUT2D eigenvalue weighted by molar-refractivity contribution is 7.26. The lowest BCUT2D eigenvalue weighted by Crippen LogP contribution is -2.48. The van der Waals surface area contributed by atoms with Gasteiger partial charge in [0.25, 0.3) is 5.91 Å². The molecule has 1 aliphatic heterocycles. The number of aryl methyl sites for hydroxylation is 1. The highest BCUT2D eigenvalue weighted by atomic mass is 32.1. The van der Waals surface area contributed by atoms with Gasteiger partial charge in [-0.1, -0.05) is 19.1 Å². The summed E-state index contributed by atoms with van der Waals surface area (Å²) in [5.41, 5.74) is 2.16. The predicted molar refractivity (Wildman–Crippen MR) is 126 cm³/mol. The van der Waals surface area contributed by atoms with E-state index in [-0.39, 0.29) is 5.91 Å². The maximum absolute atomic E-state index is 13.0. The van der Waals surface area contributed by atoms with Crippen molar-refractivity contribution >= 4 is 50.1 Å². The topological polar surface area (TPSA) is 49.3 Å². The quantitative estimate of drug-likeness (QED) is 0.426. The Kier molecular flexibility index (Phi) is 5.64. The van der Waals surface area contributed by atoms with Crippen LogP contribution in [-0.4, -0.2) is 51.9 Å². The maximum Gasteiger partial charge on any atom is 0.264 e. The van der Waals surface area contributed by atoms with Crippen LogP contribution in [0.4, 0.5) is 0 Å². The number of benzene rings is 1. The fourth-order valence-corrected chi connectivity index (χ4v) is 6.35. The van der Waals surface area contributed by atoms with Crippen LogP contribution < -0.4 is 0 Å². The monoisotopic (exact) mass is 454 g/mol. The molecule has 154 valence electrons. The number of thiophene rings is 1. The lowest BCUT2D eigenvalue weighted by Gasteiger charge is -2.34. The number of aromatic nitrogens is 2. The molecule has 0 aliphatic carbocycles. The van der Waals surface area contributed by atoms with Crippen LogP contribution in [0.25, 0.3) is 20.1 Å². The smallest absolute Gasteiger partial charge is 0.264 e. The van der Waals surface area contributed by atoms with E-state index in [4.69, 9.17) is 4.98 Å². The second-order valence-electron chi connectivity index (χ2n) is 7.31. The molecule has 1 saturated heterocycles. The third-order valence-electron chi connectivity index (χ3n) is 5.27. The third kappa shape index (κ3) is 4.05. The molecular weight excluding hydrogens is 432 g/mol. The van der Waals surface area contributed by atoms with E-state index in [9.17, 15) is 4.79 Å². The van der Waals surface area contributed by atoms with Crippen LogP contribution in [0, 0.1) is 0 Å². The van der Waals surface area contributed by atoms with Gasteiger partial charge in [0.15, 0.2) is 0 Å². The van der Waals surface area contributed by atoms with Crippen LogP contribution >= 0.6 is 34.0 Å². The van der Waals surface area contributed by atoms with Crippen LogP contribution in [-0.2, 0) is 13.0 Å². The molecule has 1 aliphatic rings. The average Bonchev–Trinajstić information content (AvgIpc) is 3.52. The van der Waals surface area contributed by atoms with Crippen LogP contribution in [0.2, 0.25) is 0 Å². The average molecular weight is 455 g/mol. The summed E-state index contributed by atoms with van der Waals surface area (Å²) in [4.78, 5) is 28.6. The van der Waals surface area contributed by atoms with Gasteiger partial charge in [-0.15, -0.1) is 34.0 Å². The molecule has 0 bridgehead atoms. The minimum Gasteiger partial charge on any atom is -0.335 e. The van der Waals surface area contributed by atoms with Gasteiger partial charge in [-0.05, 0) is 30.7 Å². The summed E-state index contributed by atoms with van der Waals surface area (Å²) < 4.78 is 1.18. The van der Waals surface area contributed by atoms with E-state index >= 15 is 0 Å². The van der Waals surface area contributed by atoms with Gasteiger partial charge in [-0.25, -0.2) is 9.97 Å². The minimum atomic E-state index is 0.133. The van der Waals surface area contributed by atoms with Crippen molar-refractivity contribution in [2.75, 3.05) is 26.2 Å². The van der Waals surface area contributed by atoms with Gasteiger partial charge in [0.05, 0.1) is 30.7 Å². The van der Waals surface area contributed by atoms with E-state index in [1.807, 2.05) is 35.2 Å². The SMILES string of the molecule is CCc1nc(CN2CCN(C(=O)c3ccc(-c4nc5ccccc5s4)s3)CC2)cs1. The Morgan fingerprint density at radius 1 is 1.03 bits per heavy atom. The first-order valence-corrected chi connectivity index (χ1v) is 12.6. The fraction of sp³-hybridized carbons (Fsp3) is 0.318. The Bertz CT molecular complexity index is 1140. The van der Waals surface area contributed by atoms with Gasteiger partial charge in [-0.3, -0.25) is 9.69 Å². The van der Waals surface area contributed by atoms with Crippen LogP contribution in [0.1, 0.15) is 27.3 Å². The Hall–Kier alpha value is -2.13. The maximum atomic E-state index is 13.0. The molecule has 5 nitrogen and oxygen atoms in total. The molecule has 1 aromatic carbocycles. The first kappa shape index (κ1) is 19.8. The zero-order valence-corrected chi connectivity index (χ0v) is 19.2. The molecule has 1 amide bonds. The standard InChI is InChI=1S/C22H22N4OS3/c1-2-20-23-15(14-28-20)13-25-9-11-26(12-10-25)22(27)19-8-7-18(29-19)21-24-16-5-3-4-6-17(16)30-21/h3-8,14H,2,9-13H2,1H3. The van der Waals surface area contributed by atoms with Gasteiger partial charge < -0.3 is 4.90 Å². The molecule has 0 spiro atoms. The molecule has 4 aromatic rings. The van der Waals surface area contributed by atoms with Crippen LogP contribution in [0.15, 0.2) is 41.8 Å². The van der Waals surface area contributed by atoms with Crippen molar-refractivity contribution in [1.82, 2.24) is 19.8 Å². The second kappa shape index (κ2) is 8.55. The molecule has 30 heavy (non-hydrogen) atoms. The van der Waals surface area contributed by atoms with E-state index < -0.39 is 0 Å². The lowest BCUT2D eigenvalue weighted by molar-refractivity contribution is 0.0632. The number of rotatable bonds is 5. The number of hydrogen-bond acceptors (Lipinski definition) is 7. The van der Waals surface area contributed by atoms with E-state index in [1.54, 1.807) is 34.0 Å². The highest BCUT2D eigenvalue weighted by Crippen LogP contribution is 2.34. The zero-order chi connectivity index (χ0) is 20.5. The second-order valence-corrected chi connectivity index (χ2v) is 10.4. The number of fused-ring (bicyclic) bond motifs is 1. The number of para-hydroxylation sites is 1. The molecule has 0 atom stereocenters. The number of piperazine rings is 1. The summed E-state index contributed by atoms with van der Waals surface area (Å²) in [5, 5.41) is 4.34. The first-order valence-electron chi connectivity index (χ1n) is 10.1. The molecule has 0 saturated carbocycles. The summed E-state index contributed by atoms with van der Waals surface area (Å²) in [6, 6.07) is 12.1. The fourth-order valence-electron chi connectivity index (χ4n) is 3.62. The van der Waals surface area contributed by atoms with Crippen molar-refractivity contribution in [1.29, 1.82) is 0 Å². The van der Waals surface area contributed by atoms with Gasteiger partial charge in [0.1, 0.15) is 5.01 Å². The molecular formula is C22H22N4OS3. The number of amides is 1. The highest BCUT2D eigenvalue weighted by Gasteiger charge is 2.24. The van der Waals surface area contributed by atoms with Gasteiger partial charge in [-0.2, -0.15) is 0 Å². The Morgan fingerprint density at radius 3 is 2.63 bits per heavy atom. The molecule has 5 rings (SSSR count). The van der Waals surface area contributed by atoms with Gasteiger partial charge in [0, 0.05) is 38.1 Å². The van der Waals surface area contributed by atoms with Crippen molar-refractivity contribution in [3.8, 4) is 9.88 Å². The number of carbonyl (C=O) groups is 1. The van der Waals surface area contributed by atoms with Gasteiger partial charge in [0.2, 0.25) is 0 Å². The van der Waals surface area contributed by atoms with Crippen molar-refractivity contribution in [3.63, 3.8) is 0 Å². The van der Waals surface area contributed by atoms with Crippen molar-refractivity contribution in [2.24, 2.45) is 0 Å². The van der Waals surface area contributed by atoms with Crippen molar-refractivity contribution < 1.29 is 4.79 Å². The number of nitrogens with zero attached hydrogens (tertiary/aromatic N) is 4. The van der Waals surface area contributed by atoms with E-state index in [1.165, 1.54) is 9.71 Å². The largest absolute Gasteiger partial charge is 0.335 e. The summed E-state index contributed by atoms with van der Waals surface area (Å²) in [7, 11) is 0. The summed E-state index contributed by atoms with van der Waals surface area (Å²) in [6.45, 7) is 6.32. The molecule has 3 aromatic heterocycles. The first-order chi connectivity index (χ1) is 14.7. The summed E-state index contributed by atoms with van der Waals surface area (Å²) in [6.07, 6.45) is 0.993. The minimum absolute atomic E-state index is 0.133. The van der Waals surface area contributed by atoms with Crippen molar-refractivity contribution in [3.05, 3.63) is 57.4 Å². The molecule has 1 fully saturated rings. The molecule has 8 heteroatoms. The summed E-state index contributed by atoms with van der Waals surface area (Å²) in [5.74, 6) is 0.133. The van der Waals surface area contributed by atoms with E-state index in [2.05, 4.69) is 28.3 Å². The lowest BCUT2D eigenvalue weighted by atomic mass is 10.2. The van der Waals surface area contributed by atoms with Crippen molar-refractivity contribution in [2.45, 2.75) is 19.9 Å². The predicted octanol–water partition coefficient (Wildman–Crippen LogP) is 5.00. The molecule has 0 N–H and O–H groups in total.